The van der Waals surface area contributed by atoms with Crippen molar-refractivity contribution in [2.45, 2.75) is 130 Å². The third kappa shape index (κ3) is 8.66. The van der Waals surface area contributed by atoms with Crippen LogP contribution in [-0.2, 0) is 14.3 Å². The number of amides is 1. The maximum absolute atomic E-state index is 12.7. The Kier molecular flexibility index (Phi) is 12.4. The highest BCUT2D eigenvalue weighted by Gasteiger charge is 2.44. The summed E-state index contributed by atoms with van der Waals surface area (Å²) in [6.45, 7) is 8.35. The zero-order chi connectivity index (χ0) is 20.1. The lowest BCUT2D eigenvalue weighted by Gasteiger charge is -2.29. The third-order valence-corrected chi connectivity index (χ3v) is 5.80. The topological polar surface area (TPSA) is 46.6 Å². The number of hydrogen-bond acceptors (Lipinski definition) is 3. The van der Waals surface area contributed by atoms with Crippen LogP contribution in [0, 0.1) is 5.92 Å². The lowest BCUT2D eigenvalue weighted by Crippen LogP contribution is -2.44. The van der Waals surface area contributed by atoms with Gasteiger partial charge in [-0.25, -0.2) is 4.79 Å². The van der Waals surface area contributed by atoms with Gasteiger partial charge < -0.3 is 4.74 Å². The second-order valence-corrected chi connectivity index (χ2v) is 8.36. The van der Waals surface area contributed by atoms with Crippen molar-refractivity contribution < 1.29 is 14.3 Å². The van der Waals surface area contributed by atoms with Gasteiger partial charge in [0.25, 0.3) is 0 Å². The van der Waals surface area contributed by atoms with Gasteiger partial charge in [-0.05, 0) is 19.8 Å². The molecule has 1 saturated heterocycles. The minimum Gasteiger partial charge on any atom is -0.440 e. The average Bonchev–Trinajstić information content (AvgIpc) is 2.95. The molecule has 2 unspecified atom stereocenters. The molecule has 0 saturated carbocycles. The van der Waals surface area contributed by atoms with E-state index in [2.05, 4.69) is 20.8 Å². The van der Waals surface area contributed by atoms with Gasteiger partial charge in [-0.3, -0.25) is 9.69 Å². The Morgan fingerprint density at radius 3 is 2.04 bits per heavy atom. The monoisotopic (exact) mass is 381 g/mol. The van der Waals surface area contributed by atoms with Gasteiger partial charge in [0, 0.05) is 12.3 Å². The summed E-state index contributed by atoms with van der Waals surface area (Å²) < 4.78 is 5.59. The highest BCUT2D eigenvalue weighted by molar-refractivity contribution is 5.87. The number of hydrogen-bond donors (Lipinski definition) is 0. The maximum Gasteiger partial charge on any atom is 0.330 e. The fourth-order valence-electron chi connectivity index (χ4n) is 3.93. The van der Waals surface area contributed by atoms with E-state index in [4.69, 9.17) is 4.74 Å². The number of cyclic esters (lactones) is 1. The molecular formula is C23H43NO3. The standard InChI is InChI=1S/C23H43NO3/c1-5-7-9-11-12-14-15-17-19(3)22-24(20(4)23(26)27-22)21(25)18-16-13-10-8-6-2/h19-20,22H,5-18H2,1-4H3/t19?,20-,22?/m0/s1. The van der Waals surface area contributed by atoms with Crippen LogP contribution in [0.3, 0.4) is 0 Å². The Morgan fingerprint density at radius 2 is 1.44 bits per heavy atom. The van der Waals surface area contributed by atoms with Crippen LogP contribution in [0.15, 0.2) is 0 Å². The molecule has 1 heterocycles. The number of rotatable bonds is 15. The molecule has 0 aromatic carbocycles. The van der Waals surface area contributed by atoms with E-state index in [1.807, 2.05) is 0 Å². The van der Waals surface area contributed by atoms with E-state index in [0.717, 1.165) is 25.7 Å². The minimum atomic E-state index is -0.436. The molecule has 1 aliphatic heterocycles. The van der Waals surface area contributed by atoms with Crippen LogP contribution < -0.4 is 0 Å². The normalized spacial score (nSPS) is 20.7. The minimum absolute atomic E-state index is 0.0845. The molecule has 27 heavy (non-hydrogen) atoms. The summed E-state index contributed by atoms with van der Waals surface area (Å²) in [4.78, 5) is 26.5. The molecule has 0 aliphatic carbocycles. The van der Waals surface area contributed by atoms with E-state index in [1.165, 1.54) is 57.8 Å². The Bertz CT molecular complexity index is 424. The van der Waals surface area contributed by atoms with Crippen LogP contribution in [0.5, 0.6) is 0 Å². The van der Waals surface area contributed by atoms with Crippen LogP contribution in [-0.4, -0.2) is 29.0 Å². The van der Waals surface area contributed by atoms with Crippen LogP contribution in [0.1, 0.15) is 118 Å². The van der Waals surface area contributed by atoms with Crippen molar-refractivity contribution in [3.05, 3.63) is 0 Å². The summed E-state index contributed by atoms with van der Waals surface area (Å²) in [6.07, 6.45) is 15.7. The summed E-state index contributed by atoms with van der Waals surface area (Å²) in [5.74, 6) is 0.0468. The molecular weight excluding hydrogens is 338 g/mol. The largest absolute Gasteiger partial charge is 0.440 e. The molecule has 4 heteroatoms. The van der Waals surface area contributed by atoms with Gasteiger partial charge in [-0.2, -0.15) is 0 Å². The van der Waals surface area contributed by atoms with Gasteiger partial charge in [-0.1, -0.05) is 91.4 Å². The van der Waals surface area contributed by atoms with Crippen molar-refractivity contribution in [3.63, 3.8) is 0 Å². The second kappa shape index (κ2) is 14.0. The number of carbonyl (C=O) groups excluding carboxylic acids is 2. The molecule has 1 amide bonds. The molecule has 3 atom stereocenters. The van der Waals surface area contributed by atoms with Crippen molar-refractivity contribution in [1.82, 2.24) is 4.90 Å². The van der Waals surface area contributed by atoms with Crippen molar-refractivity contribution in [3.8, 4) is 0 Å². The molecule has 0 spiro atoms. The quantitative estimate of drug-likeness (QED) is 0.250. The smallest absolute Gasteiger partial charge is 0.330 e. The summed E-state index contributed by atoms with van der Waals surface area (Å²) in [7, 11) is 0. The van der Waals surface area contributed by atoms with E-state index in [1.54, 1.807) is 11.8 Å². The van der Waals surface area contributed by atoms with Crippen molar-refractivity contribution >= 4 is 11.9 Å². The number of carbonyl (C=O) groups is 2. The number of unbranched alkanes of at least 4 members (excludes halogenated alkanes) is 10. The van der Waals surface area contributed by atoms with E-state index in [-0.39, 0.29) is 24.0 Å². The molecule has 0 N–H and O–H groups in total. The van der Waals surface area contributed by atoms with E-state index >= 15 is 0 Å². The number of esters is 1. The van der Waals surface area contributed by atoms with Gasteiger partial charge in [0.15, 0.2) is 6.23 Å². The fourth-order valence-corrected chi connectivity index (χ4v) is 3.93. The van der Waals surface area contributed by atoms with Gasteiger partial charge in [-0.15, -0.1) is 0 Å². The predicted octanol–water partition coefficient (Wildman–Crippen LogP) is 6.22. The molecule has 0 bridgehead atoms. The molecule has 1 rings (SSSR count). The van der Waals surface area contributed by atoms with Gasteiger partial charge in [0.05, 0.1) is 0 Å². The summed E-state index contributed by atoms with van der Waals surface area (Å²) in [5.41, 5.74) is 0. The number of nitrogens with zero attached hydrogens (tertiary/aromatic N) is 1. The van der Waals surface area contributed by atoms with Crippen molar-refractivity contribution in [2.24, 2.45) is 5.92 Å². The average molecular weight is 382 g/mol. The Morgan fingerprint density at radius 1 is 0.926 bits per heavy atom. The fraction of sp³-hybridized carbons (Fsp3) is 0.913. The molecule has 0 aromatic rings. The molecule has 1 fully saturated rings. The van der Waals surface area contributed by atoms with Gasteiger partial charge in [0.2, 0.25) is 5.91 Å². The summed E-state index contributed by atoms with van der Waals surface area (Å²) in [5, 5.41) is 0. The van der Waals surface area contributed by atoms with E-state index in [9.17, 15) is 9.59 Å². The van der Waals surface area contributed by atoms with E-state index in [0.29, 0.717) is 6.42 Å². The maximum atomic E-state index is 12.7. The second-order valence-electron chi connectivity index (χ2n) is 8.36. The lowest BCUT2D eigenvalue weighted by atomic mass is 9.99. The van der Waals surface area contributed by atoms with Crippen LogP contribution >= 0.6 is 0 Å². The first-order valence-corrected chi connectivity index (χ1v) is 11.5. The highest BCUT2D eigenvalue weighted by Crippen LogP contribution is 2.28. The Balaban J connectivity index is 2.39. The SMILES string of the molecule is CCCCCCCCCC(C)C1OC(=O)[C@H](C)N1C(=O)CCCCCCC. The Hall–Kier alpha value is -1.06. The van der Waals surface area contributed by atoms with Crippen LogP contribution in [0.4, 0.5) is 0 Å². The van der Waals surface area contributed by atoms with Gasteiger partial charge >= 0.3 is 5.97 Å². The molecule has 0 aromatic heterocycles. The first-order valence-electron chi connectivity index (χ1n) is 11.5. The zero-order valence-corrected chi connectivity index (χ0v) is 18.3. The molecule has 4 nitrogen and oxygen atoms in total. The first-order chi connectivity index (χ1) is 13.0. The zero-order valence-electron chi connectivity index (χ0n) is 18.3. The Labute approximate surface area is 167 Å². The molecule has 1 aliphatic rings. The lowest BCUT2D eigenvalue weighted by molar-refractivity contribution is -0.147. The van der Waals surface area contributed by atoms with Gasteiger partial charge in [0.1, 0.15) is 6.04 Å². The van der Waals surface area contributed by atoms with Crippen LogP contribution in [0.2, 0.25) is 0 Å². The molecule has 0 radical (unpaired) electrons. The summed E-state index contributed by atoms with van der Waals surface area (Å²) >= 11 is 0. The third-order valence-electron chi connectivity index (χ3n) is 5.80. The molecule has 158 valence electrons. The predicted molar refractivity (Wildman–Crippen MR) is 111 cm³/mol. The first kappa shape index (κ1) is 24.0. The van der Waals surface area contributed by atoms with Crippen molar-refractivity contribution in [2.75, 3.05) is 0 Å². The van der Waals surface area contributed by atoms with E-state index < -0.39 is 6.04 Å². The van der Waals surface area contributed by atoms with Crippen LogP contribution in [0.25, 0.3) is 0 Å². The highest BCUT2D eigenvalue weighted by atomic mass is 16.6. The summed E-state index contributed by atoms with van der Waals surface area (Å²) in [6, 6.07) is -0.436. The van der Waals surface area contributed by atoms with Crippen molar-refractivity contribution in [1.29, 1.82) is 0 Å². The number of ether oxygens (including phenoxy) is 1.